The van der Waals surface area contributed by atoms with Crippen molar-refractivity contribution in [2.75, 3.05) is 0 Å². The SMILES string of the molecule is Cn1/c(=N/N=C/C2=C(Sc3nc4ccccc4s3)CCCC2)sc2ccccc21. The Bertz CT molecular complexity index is 1270. The largest absolute Gasteiger partial charge is 0.318 e. The molecule has 29 heavy (non-hydrogen) atoms. The van der Waals surface area contributed by atoms with E-state index in [0.29, 0.717) is 0 Å². The topological polar surface area (TPSA) is 42.5 Å². The number of hydrogen-bond acceptors (Lipinski definition) is 6. The van der Waals surface area contributed by atoms with Gasteiger partial charge in [-0.1, -0.05) is 47.4 Å². The maximum atomic E-state index is 4.78. The highest BCUT2D eigenvalue weighted by atomic mass is 32.2. The zero-order chi connectivity index (χ0) is 19.6. The lowest BCUT2D eigenvalue weighted by Gasteiger charge is -2.15. The molecule has 4 aromatic rings. The summed E-state index contributed by atoms with van der Waals surface area (Å²) in [5.41, 5.74) is 3.57. The number of thioether (sulfide) groups is 1. The van der Waals surface area contributed by atoms with Crippen molar-refractivity contribution in [1.29, 1.82) is 0 Å². The van der Waals surface area contributed by atoms with Gasteiger partial charge in [0.1, 0.15) is 0 Å². The normalized spacial score (nSPS) is 16.0. The van der Waals surface area contributed by atoms with Gasteiger partial charge in [0.2, 0.25) is 4.80 Å². The lowest BCUT2D eigenvalue weighted by atomic mass is 10.0. The summed E-state index contributed by atoms with van der Waals surface area (Å²) < 4.78 is 5.69. The van der Waals surface area contributed by atoms with Crippen LogP contribution in [0.25, 0.3) is 20.4 Å². The summed E-state index contributed by atoms with van der Waals surface area (Å²) in [6.45, 7) is 0. The summed E-state index contributed by atoms with van der Waals surface area (Å²) in [5.74, 6) is 0. The Morgan fingerprint density at radius 1 is 1.00 bits per heavy atom. The van der Waals surface area contributed by atoms with Crippen molar-refractivity contribution in [3.63, 3.8) is 0 Å². The zero-order valence-electron chi connectivity index (χ0n) is 16.0. The van der Waals surface area contributed by atoms with Gasteiger partial charge >= 0.3 is 0 Å². The molecule has 0 N–H and O–H groups in total. The van der Waals surface area contributed by atoms with Crippen molar-refractivity contribution in [1.82, 2.24) is 9.55 Å². The van der Waals surface area contributed by atoms with Crippen LogP contribution in [0.1, 0.15) is 25.7 Å². The number of aromatic nitrogens is 2. The third-order valence-electron chi connectivity index (χ3n) is 5.01. The quantitative estimate of drug-likeness (QED) is 0.276. The van der Waals surface area contributed by atoms with Gasteiger partial charge in [-0.3, -0.25) is 0 Å². The maximum Gasteiger partial charge on any atom is 0.211 e. The molecular formula is C22H20N4S3. The van der Waals surface area contributed by atoms with E-state index in [-0.39, 0.29) is 0 Å². The second-order valence-corrected chi connectivity index (χ2v) is 10.3. The molecule has 0 bridgehead atoms. The van der Waals surface area contributed by atoms with Crippen LogP contribution < -0.4 is 4.80 Å². The molecule has 0 aliphatic heterocycles. The molecule has 1 aliphatic rings. The summed E-state index contributed by atoms with van der Waals surface area (Å²) in [5, 5.41) is 8.97. The van der Waals surface area contributed by atoms with Gasteiger partial charge in [0.25, 0.3) is 0 Å². The molecule has 7 heteroatoms. The third kappa shape index (κ3) is 3.95. The predicted octanol–water partition coefficient (Wildman–Crippen LogP) is 6.36. The van der Waals surface area contributed by atoms with Crippen LogP contribution in [0.2, 0.25) is 0 Å². The van der Waals surface area contributed by atoms with Crippen LogP contribution >= 0.6 is 34.4 Å². The molecule has 146 valence electrons. The van der Waals surface area contributed by atoms with Crippen LogP contribution in [0.3, 0.4) is 0 Å². The molecule has 2 heterocycles. The van der Waals surface area contributed by atoms with Crippen LogP contribution in [0.4, 0.5) is 0 Å². The Hall–Kier alpha value is -2.22. The Morgan fingerprint density at radius 3 is 2.66 bits per heavy atom. The lowest BCUT2D eigenvalue weighted by molar-refractivity contribution is 0.711. The van der Waals surface area contributed by atoms with Crippen LogP contribution in [-0.2, 0) is 7.05 Å². The Balaban J connectivity index is 1.43. The molecule has 0 saturated heterocycles. The minimum Gasteiger partial charge on any atom is -0.318 e. The van der Waals surface area contributed by atoms with E-state index < -0.39 is 0 Å². The van der Waals surface area contributed by atoms with E-state index in [4.69, 9.17) is 4.98 Å². The molecule has 4 nitrogen and oxygen atoms in total. The van der Waals surface area contributed by atoms with Crippen molar-refractivity contribution >= 4 is 61.1 Å². The van der Waals surface area contributed by atoms with Crippen molar-refractivity contribution in [3.05, 3.63) is 63.8 Å². The first-order valence-corrected chi connectivity index (χ1v) is 12.1. The molecule has 0 amide bonds. The number of fused-ring (bicyclic) bond motifs is 2. The number of benzene rings is 2. The number of allylic oxidation sites excluding steroid dienone is 2. The number of aryl methyl sites for hydroxylation is 1. The highest BCUT2D eigenvalue weighted by Gasteiger charge is 2.15. The Kier molecular flexibility index (Phi) is 5.35. The fourth-order valence-electron chi connectivity index (χ4n) is 3.48. The monoisotopic (exact) mass is 436 g/mol. The average molecular weight is 437 g/mol. The van der Waals surface area contributed by atoms with Gasteiger partial charge in [0.15, 0.2) is 4.34 Å². The number of para-hydroxylation sites is 2. The lowest BCUT2D eigenvalue weighted by Crippen LogP contribution is -2.09. The Labute approximate surface area is 181 Å². The van der Waals surface area contributed by atoms with Crippen molar-refractivity contribution < 1.29 is 0 Å². The van der Waals surface area contributed by atoms with Crippen molar-refractivity contribution in [2.24, 2.45) is 17.3 Å². The summed E-state index contributed by atoms with van der Waals surface area (Å²) >= 11 is 5.24. The number of hydrogen-bond donors (Lipinski definition) is 0. The summed E-state index contributed by atoms with van der Waals surface area (Å²) in [6.07, 6.45) is 6.55. The van der Waals surface area contributed by atoms with E-state index in [1.54, 1.807) is 34.4 Å². The molecule has 0 radical (unpaired) electrons. The summed E-state index contributed by atoms with van der Waals surface area (Å²) in [4.78, 5) is 7.08. The van der Waals surface area contributed by atoms with Gasteiger partial charge in [0, 0.05) is 7.05 Å². The molecule has 0 unspecified atom stereocenters. The van der Waals surface area contributed by atoms with Crippen LogP contribution in [0.15, 0.2) is 73.6 Å². The molecule has 1 aliphatic carbocycles. The maximum absolute atomic E-state index is 4.78. The second-order valence-electron chi connectivity index (χ2n) is 6.96. The first kappa shape index (κ1) is 18.8. The van der Waals surface area contributed by atoms with E-state index in [1.807, 2.05) is 19.3 Å². The van der Waals surface area contributed by atoms with Gasteiger partial charge < -0.3 is 4.57 Å². The third-order valence-corrected chi connectivity index (χ3v) is 8.43. The molecule has 2 aromatic heterocycles. The molecule has 2 aromatic carbocycles. The van der Waals surface area contributed by atoms with E-state index in [1.165, 1.54) is 38.2 Å². The number of rotatable bonds is 4. The van der Waals surface area contributed by atoms with Crippen molar-refractivity contribution in [3.8, 4) is 0 Å². The van der Waals surface area contributed by atoms with E-state index in [0.717, 1.165) is 27.5 Å². The van der Waals surface area contributed by atoms with Crippen molar-refractivity contribution in [2.45, 2.75) is 30.0 Å². The van der Waals surface area contributed by atoms with E-state index in [9.17, 15) is 0 Å². The second kappa shape index (κ2) is 8.26. The highest BCUT2D eigenvalue weighted by molar-refractivity contribution is 8.04. The number of thiazole rings is 2. The fraction of sp³-hybridized carbons (Fsp3) is 0.227. The van der Waals surface area contributed by atoms with Gasteiger partial charge in [0.05, 0.1) is 26.6 Å². The average Bonchev–Trinajstić information content (AvgIpc) is 3.30. The van der Waals surface area contributed by atoms with E-state index >= 15 is 0 Å². The number of nitrogens with zero attached hydrogens (tertiary/aromatic N) is 4. The zero-order valence-corrected chi connectivity index (χ0v) is 18.5. The molecule has 5 rings (SSSR count). The molecule has 0 saturated carbocycles. The molecule has 0 atom stereocenters. The summed E-state index contributed by atoms with van der Waals surface area (Å²) in [7, 11) is 2.04. The van der Waals surface area contributed by atoms with Gasteiger partial charge in [-0.2, -0.15) is 5.10 Å². The van der Waals surface area contributed by atoms with Crippen LogP contribution in [0.5, 0.6) is 0 Å². The van der Waals surface area contributed by atoms with Gasteiger partial charge in [-0.15, -0.1) is 16.4 Å². The highest BCUT2D eigenvalue weighted by Crippen LogP contribution is 2.39. The minimum absolute atomic E-state index is 0.916. The standard InChI is InChI=1S/C22H20N4S3/c1-26-17-10-4-7-13-20(17)27-21(26)25-23-14-15-8-2-5-11-18(15)28-22-24-16-9-3-6-12-19(16)29-22/h3-4,6-7,9-10,12-14H,2,5,8,11H2,1H3/b23-14+,25-21-. The van der Waals surface area contributed by atoms with Crippen LogP contribution in [-0.4, -0.2) is 15.8 Å². The van der Waals surface area contributed by atoms with E-state index in [2.05, 4.69) is 57.2 Å². The molecule has 0 fully saturated rings. The predicted molar refractivity (Wildman–Crippen MR) is 126 cm³/mol. The molecule has 0 spiro atoms. The minimum atomic E-state index is 0.916. The Morgan fingerprint density at radius 2 is 1.79 bits per heavy atom. The van der Waals surface area contributed by atoms with Crippen LogP contribution in [0, 0.1) is 0 Å². The smallest absolute Gasteiger partial charge is 0.211 e. The molecular weight excluding hydrogens is 416 g/mol. The van der Waals surface area contributed by atoms with Gasteiger partial charge in [-0.05, 0) is 60.4 Å². The fourth-order valence-corrected chi connectivity index (χ4v) is 6.78. The first-order chi connectivity index (χ1) is 14.3. The summed E-state index contributed by atoms with van der Waals surface area (Å²) in [6, 6.07) is 16.7. The first-order valence-electron chi connectivity index (χ1n) is 9.65. The van der Waals surface area contributed by atoms with Gasteiger partial charge in [-0.25, -0.2) is 4.98 Å².